The molecular formula is C26H27N3O. The number of rotatable bonds is 6. The standard InChI is InChI=1S/C26H27N3O/c27-16-7-17-29(26(30)25-13-6-11-22-10-4-5-12-24(22)25)23-14-18-28(19-15-23)20-21-8-2-1-3-9-21/h1-6,8-13,23H,7,14-15,17-20H2. The summed E-state index contributed by atoms with van der Waals surface area (Å²) < 4.78 is 0. The molecule has 1 fully saturated rings. The molecule has 3 aromatic carbocycles. The smallest absolute Gasteiger partial charge is 0.254 e. The maximum absolute atomic E-state index is 13.5. The van der Waals surface area contributed by atoms with Gasteiger partial charge >= 0.3 is 0 Å². The van der Waals surface area contributed by atoms with Crippen molar-refractivity contribution < 1.29 is 4.79 Å². The zero-order valence-electron chi connectivity index (χ0n) is 17.2. The largest absolute Gasteiger partial charge is 0.335 e. The van der Waals surface area contributed by atoms with Crippen molar-refractivity contribution in [2.24, 2.45) is 0 Å². The molecule has 0 radical (unpaired) electrons. The van der Waals surface area contributed by atoms with Crippen LogP contribution in [-0.2, 0) is 6.54 Å². The Morgan fingerprint density at radius 1 is 0.967 bits per heavy atom. The maximum atomic E-state index is 13.5. The predicted octanol–water partition coefficient (Wildman–Crippen LogP) is 4.86. The van der Waals surface area contributed by atoms with Crippen LogP contribution in [0, 0.1) is 11.3 Å². The number of nitrogens with zero attached hydrogens (tertiary/aromatic N) is 3. The Balaban J connectivity index is 1.49. The van der Waals surface area contributed by atoms with Crippen molar-refractivity contribution in [3.8, 4) is 6.07 Å². The molecule has 1 aliphatic rings. The molecule has 0 unspecified atom stereocenters. The van der Waals surface area contributed by atoms with Crippen LogP contribution in [0.2, 0.25) is 0 Å². The zero-order chi connectivity index (χ0) is 20.8. The molecule has 0 atom stereocenters. The van der Waals surface area contributed by atoms with Crippen LogP contribution in [0.25, 0.3) is 10.8 Å². The van der Waals surface area contributed by atoms with Crippen LogP contribution in [0.5, 0.6) is 0 Å². The monoisotopic (exact) mass is 397 g/mol. The number of likely N-dealkylation sites (tertiary alicyclic amines) is 1. The summed E-state index contributed by atoms with van der Waals surface area (Å²) in [5, 5.41) is 11.2. The fourth-order valence-corrected chi connectivity index (χ4v) is 4.42. The molecule has 0 N–H and O–H groups in total. The Hall–Kier alpha value is -3.16. The molecule has 30 heavy (non-hydrogen) atoms. The molecule has 1 aliphatic heterocycles. The van der Waals surface area contributed by atoms with E-state index in [0.29, 0.717) is 13.0 Å². The molecule has 1 heterocycles. The zero-order valence-corrected chi connectivity index (χ0v) is 17.2. The van der Waals surface area contributed by atoms with Gasteiger partial charge in [0.2, 0.25) is 0 Å². The lowest BCUT2D eigenvalue weighted by molar-refractivity contribution is 0.0573. The number of hydrogen-bond donors (Lipinski definition) is 0. The minimum Gasteiger partial charge on any atom is -0.335 e. The summed E-state index contributed by atoms with van der Waals surface area (Å²) in [7, 11) is 0. The highest BCUT2D eigenvalue weighted by molar-refractivity contribution is 6.07. The molecule has 0 saturated carbocycles. The number of carbonyl (C=O) groups excluding carboxylic acids is 1. The van der Waals surface area contributed by atoms with Crippen LogP contribution in [0.1, 0.15) is 35.2 Å². The number of carbonyl (C=O) groups is 1. The van der Waals surface area contributed by atoms with E-state index in [0.717, 1.165) is 48.8 Å². The Morgan fingerprint density at radius 3 is 2.43 bits per heavy atom. The second-order valence-corrected chi connectivity index (χ2v) is 7.93. The van der Waals surface area contributed by atoms with E-state index in [1.165, 1.54) is 5.56 Å². The van der Waals surface area contributed by atoms with Crippen molar-refractivity contribution >= 4 is 16.7 Å². The predicted molar refractivity (Wildman–Crippen MR) is 120 cm³/mol. The molecule has 0 aliphatic carbocycles. The van der Waals surface area contributed by atoms with Gasteiger partial charge in [-0.05, 0) is 35.2 Å². The summed E-state index contributed by atoms with van der Waals surface area (Å²) >= 11 is 0. The van der Waals surface area contributed by atoms with Crippen molar-refractivity contribution in [2.75, 3.05) is 19.6 Å². The van der Waals surface area contributed by atoms with Crippen LogP contribution >= 0.6 is 0 Å². The first-order valence-electron chi connectivity index (χ1n) is 10.7. The SMILES string of the molecule is N#CCCN(C(=O)c1cccc2ccccc12)C1CCN(Cc2ccccc2)CC1. The van der Waals surface area contributed by atoms with Gasteiger partial charge in [-0.25, -0.2) is 0 Å². The topological polar surface area (TPSA) is 47.3 Å². The van der Waals surface area contributed by atoms with E-state index in [1.54, 1.807) is 0 Å². The van der Waals surface area contributed by atoms with E-state index in [2.05, 4.69) is 35.2 Å². The number of nitriles is 1. The average Bonchev–Trinajstić information content (AvgIpc) is 2.80. The third-order valence-electron chi connectivity index (χ3n) is 5.99. The summed E-state index contributed by atoms with van der Waals surface area (Å²) in [6.07, 6.45) is 2.24. The lowest BCUT2D eigenvalue weighted by Crippen LogP contribution is -2.47. The molecular weight excluding hydrogens is 370 g/mol. The first-order valence-corrected chi connectivity index (χ1v) is 10.7. The molecule has 152 valence electrons. The van der Waals surface area contributed by atoms with E-state index in [9.17, 15) is 4.79 Å². The van der Waals surface area contributed by atoms with Crippen LogP contribution in [0.4, 0.5) is 0 Å². The number of amides is 1. The number of hydrogen-bond acceptors (Lipinski definition) is 3. The van der Waals surface area contributed by atoms with Gasteiger partial charge in [-0.2, -0.15) is 5.26 Å². The molecule has 0 bridgehead atoms. The normalized spacial score (nSPS) is 15.0. The minimum atomic E-state index is 0.0450. The maximum Gasteiger partial charge on any atom is 0.254 e. The van der Waals surface area contributed by atoms with Gasteiger partial charge in [-0.3, -0.25) is 9.69 Å². The fraction of sp³-hybridized carbons (Fsp3) is 0.308. The highest BCUT2D eigenvalue weighted by atomic mass is 16.2. The fourth-order valence-electron chi connectivity index (χ4n) is 4.42. The van der Waals surface area contributed by atoms with E-state index in [4.69, 9.17) is 5.26 Å². The quantitative estimate of drug-likeness (QED) is 0.597. The Morgan fingerprint density at radius 2 is 1.67 bits per heavy atom. The van der Waals surface area contributed by atoms with Gasteiger partial charge < -0.3 is 4.90 Å². The van der Waals surface area contributed by atoms with Crippen molar-refractivity contribution in [1.82, 2.24) is 9.80 Å². The van der Waals surface area contributed by atoms with Crippen molar-refractivity contribution in [3.63, 3.8) is 0 Å². The van der Waals surface area contributed by atoms with Gasteiger partial charge in [0.15, 0.2) is 0 Å². The second-order valence-electron chi connectivity index (χ2n) is 7.93. The van der Waals surface area contributed by atoms with Gasteiger partial charge in [-0.1, -0.05) is 66.7 Å². The third kappa shape index (κ3) is 4.53. The Labute approximate surface area is 178 Å². The Kier molecular flexibility index (Phi) is 6.41. The molecule has 4 heteroatoms. The number of piperidine rings is 1. The lowest BCUT2D eigenvalue weighted by Gasteiger charge is -2.38. The van der Waals surface area contributed by atoms with Gasteiger partial charge in [0.1, 0.15) is 0 Å². The summed E-state index contributed by atoms with van der Waals surface area (Å²) in [5.41, 5.74) is 2.06. The molecule has 0 spiro atoms. The van der Waals surface area contributed by atoms with E-state index >= 15 is 0 Å². The van der Waals surface area contributed by atoms with Gasteiger partial charge in [-0.15, -0.1) is 0 Å². The molecule has 1 amide bonds. The lowest BCUT2D eigenvalue weighted by atomic mass is 9.99. The first kappa shape index (κ1) is 20.1. The summed E-state index contributed by atoms with van der Waals surface area (Å²) in [4.78, 5) is 17.9. The minimum absolute atomic E-state index is 0.0450. The van der Waals surface area contributed by atoms with Crippen LogP contribution in [0.15, 0.2) is 72.8 Å². The van der Waals surface area contributed by atoms with Gasteiger partial charge in [0.05, 0.1) is 12.5 Å². The van der Waals surface area contributed by atoms with E-state index in [1.807, 2.05) is 53.4 Å². The first-order chi connectivity index (χ1) is 14.8. The average molecular weight is 398 g/mol. The molecule has 4 rings (SSSR count). The highest BCUT2D eigenvalue weighted by Gasteiger charge is 2.29. The van der Waals surface area contributed by atoms with Crippen molar-refractivity contribution in [1.29, 1.82) is 5.26 Å². The van der Waals surface area contributed by atoms with E-state index < -0.39 is 0 Å². The number of fused-ring (bicyclic) bond motifs is 1. The summed E-state index contributed by atoms with van der Waals surface area (Å²) in [6, 6.07) is 26.8. The highest BCUT2D eigenvalue weighted by Crippen LogP contribution is 2.24. The van der Waals surface area contributed by atoms with Crippen molar-refractivity contribution in [3.05, 3.63) is 83.9 Å². The summed E-state index contributed by atoms with van der Waals surface area (Å²) in [5.74, 6) is 0.0450. The second kappa shape index (κ2) is 9.56. The number of benzene rings is 3. The molecule has 3 aromatic rings. The van der Waals surface area contributed by atoms with Crippen molar-refractivity contribution in [2.45, 2.75) is 31.8 Å². The molecule has 1 saturated heterocycles. The summed E-state index contributed by atoms with van der Waals surface area (Å²) in [6.45, 7) is 3.36. The van der Waals surface area contributed by atoms with Gasteiger partial charge in [0, 0.05) is 37.8 Å². The van der Waals surface area contributed by atoms with Crippen LogP contribution in [-0.4, -0.2) is 41.4 Å². The Bertz CT molecular complexity index is 1030. The third-order valence-corrected chi connectivity index (χ3v) is 5.99. The van der Waals surface area contributed by atoms with E-state index in [-0.39, 0.29) is 11.9 Å². The van der Waals surface area contributed by atoms with Crippen LogP contribution < -0.4 is 0 Å². The van der Waals surface area contributed by atoms with Gasteiger partial charge in [0.25, 0.3) is 5.91 Å². The molecule has 4 nitrogen and oxygen atoms in total. The van der Waals surface area contributed by atoms with Crippen LogP contribution in [0.3, 0.4) is 0 Å². The molecule has 0 aromatic heterocycles.